The summed E-state index contributed by atoms with van der Waals surface area (Å²) in [5.41, 5.74) is 2.37. The molecule has 1 aliphatic heterocycles. The number of nitrogens with one attached hydrogen (secondary N) is 1. The van der Waals surface area contributed by atoms with Gasteiger partial charge in [0.05, 0.1) is 6.61 Å². The van der Waals surface area contributed by atoms with Gasteiger partial charge in [-0.25, -0.2) is 0 Å². The fraction of sp³-hybridized carbons (Fsp3) is 0.588. The second-order valence-corrected chi connectivity index (χ2v) is 6.03. The monoisotopic (exact) mass is 305 g/mol. The first-order valence-electron chi connectivity index (χ1n) is 7.92. The van der Waals surface area contributed by atoms with Crippen LogP contribution in [0.2, 0.25) is 0 Å². The molecule has 0 aliphatic carbocycles. The molecule has 0 unspecified atom stereocenters. The van der Waals surface area contributed by atoms with E-state index in [9.17, 15) is 4.79 Å². The summed E-state index contributed by atoms with van der Waals surface area (Å²) in [5, 5.41) is 2.99. The Hall–Kier alpha value is -1.43. The van der Waals surface area contributed by atoms with E-state index in [-0.39, 0.29) is 12.0 Å². The van der Waals surface area contributed by atoms with Gasteiger partial charge in [0.1, 0.15) is 6.10 Å². The number of amides is 1. The van der Waals surface area contributed by atoms with Crippen molar-refractivity contribution >= 4 is 5.91 Å². The van der Waals surface area contributed by atoms with Gasteiger partial charge in [0.25, 0.3) is 5.91 Å². The van der Waals surface area contributed by atoms with Crippen LogP contribution in [-0.4, -0.2) is 62.1 Å². The summed E-state index contributed by atoms with van der Waals surface area (Å²) in [4.78, 5) is 16.6. The molecule has 0 aromatic heterocycles. The standard InChI is InChI=1S/C17H27N3O2/c1-4-20-8-9-22-16(13-20)17(21)18-11-14-6-5-7-15(10-14)12-19(2)3/h5-7,10,16H,4,8-9,11-13H2,1-3H3,(H,18,21)/t16-/m1/s1. The molecule has 0 spiro atoms. The Kier molecular flexibility index (Phi) is 6.36. The molecule has 1 amide bonds. The molecule has 0 bridgehead atoms. The molecule has 1 heterocycles. The lowest BCUT2D eigenvalue weighted by Crippen LogP contribution is -2.49. The third-order valence-electron chi connectivity index (χ3n) is 3.85. The Labute approximate surface area is 133 Å². The van der Waals surface area contributed by atoms with Crippen LogP contribution in [0.4, 0.5) is 0 Å². The van der Waals surface area contributed by atoms with E-state index in [1.165, 1.54) is 5.56 Å². The lowest BCUT2D eigenvalue weighted by Gasteiger charge is -2.31. The zero-order chi connectivity index (χ0) is 15.9. The third kappa shape index (κ3) is 5.09. The summed E-state index contributed by atoms with van der Waals surface area (Å²) in [6, 6.07) is 8.32. The molecule has 0 saturated carbocycles. The van der Waals surface area contributed by atoms with Gasteiger partial charge in [0.15, 0.2) is 0 Å². The topological polar surface area (TPSA) is 44.8 Å². The zero-order valence-electron chi connectivity index (χ0n) is 13.8. The predicted molar refractivity (Wildman–Crippen MR) is 87.5 cm³/mol. The quantitative estimate of drug-likeness (QED) is 0.854. The second kappa shape index (κ2) is 8.27. The first-order chi connectivity index (χ1) is 10.6. The Morgan fingerprint density at radius 1 is 1.41 bits per heavy atom. The SMILES string of the molecule is CCN1CCO[C@@H](C(=O)NCc2cccc(CN(C)C)c2)C1. The van der Waals surface area contributed by atoms with Gasteiger partial charge in [-0.2, -0.15) is 0 Å². The maximum absolute atomic E-state index is 12.2. The van der Waals surface area contributed by atoms with Gasteiger partial charge in [-0.05, 0) is 31.8 Å². The van der Waals surface area contributed by atoms with E-state index in [0.29, 0.717) is 19.7 Å². The number of benzene rings is 1. The summed E-state index contributed by atoms with van der Waals surface area (Å²) in [5.74, 6) is -0.0174. The number of ether oxygens (including phenoxy) is 1. The van der Waals surface area contributed by atoms with E-state index in [0.717, 1.165) is 25.2 Å². The van der Waals surface area contributed by atoms with Crippen molar-refractivity contribution in [3.05, 3.63) is 35.4 Å². The van der Waals surface area contributed by atoms with Gasteiger partial charge in [-0.1, -0.05) is 31.2 Å². The van der Waals surface area contributed by atoms with Gasteiger partial charge in [-0.15, -0.1) is 0 Å². The second-order valence-electron chi connectivity index (χ2n) is 6.03. The highest BCUT2D eigenvalue weighted by atomic mass is 16.5. The van der Waals surface area contributed by atoms with Crippen LogP contribution >= 0.6 is 0 Å². The van der Waals surface area contributed by atoms with Crippen molar-refractivity contribution in [2.45, 2.75) is 26.1 Å². The molecule has 1 aromatic carbocycles. The highest BCUT2D eigenvalue weighted by Gasteiger charge is 2.25. The van der Waals surface area contributed by atoms with E-state index >= 15 is 0 Å². The summed E-state index contributed by atoms with van der Waals surface area (Å²) >= 11 is 0. The number of likely N-dealkylation sites (N-methyl/N-ethyl adjacent to an activating group) is 1. The van der Waals surface area contributed by atoms with Crippen LogP contribution in [0.3, 0.4) is 0 Å². The van der Waals surface area contributed by atoms with Crippen molar-refractivity contribution in [2.75, 3.05) is 40.3 Å². The molecule has 122 valence electrons. The number of carbonyl (C=O) groups is 1. The van der Waals surface area contributed by atoms with Crippen LogP contribution in [0.25, 0.3) is 0 Å². The van der Waals surface area contributed by atoms with Crippen LogP contribution in [0.15, 0.2) is 24.3 Å². The average molecular weight is 305 g/mol. The lowest BCUT2D eigenvalue weighted by molar-refractivity contribution is -0.138. The molecule has 1 atom stereocenters. The summed E-state index contributed by atoms with van der Waals surface area (Å²) < 4.78 is 5.58. The van der Waals surface area contributed by atoms with Crippen LogP contribution in [0, 0.1) is 0 Å². The van der Waals surface area contributed by atoms with Gasteiger partial charge in [0.2, 0.25) is 0 Å². The number of nitrogens with zero attached hydrogens (tertiary/aromatic N) is 2. The number of hydrogen-bond acceptors (Lipinski definition) is 4. The number of carbonyl (C=O) groups excluding carboxylic acids is 1. The maximum atomic E-state index is 12.2. The molecule has 5 heteroatoms. The van der Waals surface area contributed by atoms with E-state index in [1.807, 2.05) is 26.2 Å². The van der Waals surface area contributed by atoms with Crippen LogP contribution < -0.4 is 5.32 Å². The molecule has 1 aromatic rings. The fourth-order valence-corrected chi connectivity index (χ4v) is 2.65. The first-order valence-corrected chi connectivity index (χ1v) is 7.92. The molecule has 1 aliphatic rings. The smallest absolute Gasteiger partial charge is 0.250 e. The minimum atomic E-state index is -0.348. The molecule has 1 N–H and O–H groups in total. The molecule has 1 fully saturated rings. The predicted octanol–water partition coefficient (Wildman–Crippen LogP) is 1.09. The Morgan fingerprint density at radius 3 is 2.91 bits per heavy atom. The molecule has 1 saturated heterocycles. The summed E-state index contributed by atoms with van der Waals surface area (Å²) in [6.45, 7) is 6.74. The minimum absolute atomic E-state index is 0.0174. The Balaban J connectivity index is 1.85. The molecule has 22 heavy (non-hydrogen) atoms. The number of rotatable bonds is 6. The number of hydrogen-bond donors (Lipinski definition) is 1. The van der Waals surface area contributed by atoms with Crippen molar-refractivity contribution in [1.29, 1.82) is 0 Å². The van der Waals surface area contributed by atoms with Crippen molar-refractivity contribution < 1.29 is 9.53 Å². The summed E-state index contributed by atoms with van der Waals surface area (Å²) in [7, 11) is 4.10. The van der Waals surface area contributed by atoms with Gasteiger partial charge < -0.3 is 15.0 Å². The van der Waals surface area contributed by atoms with Crippen molar-refractivity contribution in [2.24, 2.45) is 0 Å². The van der Waals surface area contributed by atoms with E-state index < -0.39 is 0 Å². The Morgan fingerprint density at radius 2 is 2.18 bits per heavy atom. The fourth-order valence-electron chi connectivity index (χ4n) is 2.65. The lowest BCUT2D eigenvalue weighted by atomic mass is 10.1. The zero-order valence-corrected chi connectivity index (χ0v) is 13.8. The van der Waals surface area contributed by atoms with E-state index in [1.54, 1.807) is 0 Å². The highest BCUT2D eigenvalue weighted by molar-refractivity contribution is 5.81. The molecular weight excluding hydrogens is 278 g/mol. The van der Waals surface area contributed by atoms with Gasteiger partial charge >= 0.3 is 0 Å². The van der Waals surface area contributed by atoms with Gasteiger partial charge in [0, 0.05) is 26.2 Å². The van der Waals surface area contributed by atoms with Crippen molar-refractivity contribution in [3.8, 4) is 0 Å². The Bertz CT molecular complexity index is 491. The molecule has 0 radical (unpaired) electrons. The van der Waals surface area contributed by atoms with E-state index in [4.69, 9.17) is 4.74 Å². The normalized spacial score (nSPS) is 19.4. The molecule has 5 nitrogen and oxygen atoms in total. The average Bonchev–Trinajstić information content (AvgIpc) is 2.52. The van der Waals surface area contributed by atoms with Crippen LogP contribution in [-0.2, 0) is 22.6 Å². The van der Waals surface area contributed by atoms with E-state index in [2.05, 4.69) is 34.2 Å². The maximum Gasteiger partial charge on any atom is 0.250 e. The molecule has 2 rings (SSSR count). The summed E-state index contributed by atoms with van der Waals surface area (Å²) in [6.07, 6.45) is -0.348. The van der Waals surface area contributed by atoms with Crippen LogP contribution in [0.5, 0.6) is 0 Å². The van der Waals surface area contributed by atoms with Crippen LogP contribution in [0.1, 0.15) is 18.1 Å². The third-order valence-corrected chi connectivity index (χ3v) is 3.85. The highest BCUT2D eigenvalue weighted by Crippen LogP contribution is 2.08. The largest absolute Gasteiger partial charge is 0.366 e. The van der Waals surface area contributed by atoms with Gasteiger partial charge in [-0.3, -0.25) is 9.69 Å². The van der Waals surface area contributed by atoms with Crippen molar-refractivity contribution in [3.63, 3.8) is 0 Å². The number of morpholine rings is 1. The minimum Gasteiger partial charge on any atom is -0.366 e. The molecular formula is C17H27N3O2. The van der Waals surface area contributed by atoms with Crippen molar-refractivity contribution in [1.82, 2.24) is 15.1 Å². The first kappa shape index (κ1) is 16.9.